The van der Waals surface area contributed by atoms with Gasteiger partial charge in [-0.05, 0) is 31.0 Å². The van der Waals surface area contributed by atoms with Gasteiger partial charge in [0.1, 0.15) is 17.8 Å². The zero-order valence-corrected chi connectivity index (χ0v) is 16.0. The molecule has 3 heterocycles. The number of aromatic amines is 1. The van der Waals surface area contributed by atoms with Crippen LogP contribution in [-0.2, 0) is 11.0 Å². The van der Waals surface area contributed by atoms with E-state index >= 15 is 0 Å². The van der Waals surface area contributed by atoms with Crippen molar-refractivity contribution in [2.75, 3.05) is 29.9 Å². The van der Waals surface area contributed by atoms with E-state index in [-0.39, 0.29) is 24.2 Å². The fourth-order valence-corrected chi connectivity index (χ4v) is 3.74. The van der Waals surface area contributed by atoms with Crippen LogP contribution >= 0.6 is 0 Å². The lowest BCUT2D eigenvalue weighted by atomic mass is 10.1. The molecule has 2 aromatic heterocycles. The van der Waals surface area contributed by atoms with Crippen LogP contribution in [0, 0.1) is 0 Å². The lowest BCUT2D eigenvalue weighted by Crippen LogP contribution is -2.49. The van der Waals surface area contributed by atoms with Gasteiger partial charge in [0.2, 0.25) is 5.91 Å². The summed E-state index contributed by atoms with van der Waals surface area (Å²) in [5.41, 5.74) is -0.152. The predicted octanol–water partition coefficient (Wildman–Crippen LogP) is 3.17. The number of carbonyl (C=O) groups is 1. The third-order valence-corrected chi connectivity index (χ3v) is 5.09. The van der Waals surface area contributed by atoms with Crippen LogP contribution < -0.4 is 15.5 Å². The number of H-pyrrole nitrogens is 1. The number of amides is 1. The van der Waals surface area contributed by atoms with Crippen molar-refractivity contribution < 1.29 is 18.0 Å². The van der Waals surface area contributed by atoms with Gasteiger partial charge in [-0.2, -0.15) is 13.2 Å². The molecule has 10 heteroatoms. The minimum Gasteiger partial charge on any atom is -0.376 e. The van der Waals surface area contributed by atoms with E-state index in [1.54, 1.807) is 6.20 Å². The Morgan fingerprint density at radius 3 is 2.90 bits per heavy atom. The van der Waals surface area contributed by atoms with Gasteiger partial charge in [-0.25, -0.2) is 9.97 Å². The maximum absolute atomic E-state index is 13.1. The van der Waals surface area contributed by atoms with Crippen molar-refractivity contribution in [3.63, 3.8) is 0 Å². The quantitative estimate of drug-likeness (QED) is 0.593. The molecule has 3 N–H and O–H groups in total. The van der Waals surface area contributed by atoms with Crippen LogP contribution in [-0.4, -0.2) is 46.5 Å². The van der Waals surface area contributed by atoms with Gasteiger partial charge in [0.25, 0.3) is 0 Å². The van der Waals surface area contributed by atoms with Crippen molar-refractivity contribution >= 4 is 28.4 Å². The van der Waals surface area contributed by atoms with E-state index in [0.29, 0.717) is 6.54 Å². The van der Waals surface area contributed by atoms with Crippen LogP contribution in [0.4, 0.5) is 24.7 Å². The highest BCUT2D eigenvalue weighted by molar-refractivity contribution is 5.87. The second-order valence-corrected chi connectivity index (χ2v) is 7.19. The molecule has 1 atom stereocenters. The van der Waals surface area contributed by atoms with E-state index in [1.807, 2.05) is 6.07 Å². The van der Waals surface area contributed by atoms with E-state index < -0.39 is 11.7 Å². The second-order valence-electron chi connectivity index (χ2n) is 7.19. The monoisotopic (exact) mass is 418 g/mol. The molecule has 1 aliphatic rings. The molecule has 0 radical (unpaired) electrons. The topological polar surface area (TPSA) is 85.9 Å². The number of nitrogens with zero attached hydrogens (tertiary/aromatic N) is 3. The zero-order valence-electron chi connectivity index (χ0n) is 16.0. The fourth-order valence-electron chi connectivity index (χ4n) is 3.74. The molecule has 7 nitrogen and oxygen atoms in total. The van der Waals surface area contributed by atoms with E-state index in [4.69, 9.17) is 0 Å². The first kappa shape index (κ1) is 20.0. The van der Waals surface area contributed by atoms with E-state index in [0.717, 1.165) is 42.3 Å². The fraction of sp³-hybridized carbons (Fsp3) is 0.350. The minimum atomic E-state index is -4.48. The Kier molecular flexibility index (Phi) is 5.47. The van der Waals surface area contributed by atoms with Gasteiger partial charge in [-0.15, -0.1) is 0 Å². The Morgan fingerprint density at radius 1 is 1.23 bits per heavy atom. The average molecular weight is 418 g/mol. The summed E-state index contributed by atoms with van der Waals surface area (Å²) < 4.78 is 39.2. The molecule has 3 aromatic rings. The summed E-state index contributed by atoms with van der Waals surface area (Å²) in [7, 11) is 0. The van der Waals surface area contributed by atoms with Crippen LogP contribution in [0.25, 0.3) is 11.0 Å². The molecule has 0 saturated carbocycles. The van der Waals surface area contributed by atoms with Crippen molar-refractivity contribution in [3.05, 3.63) is 48.4 Å². The van der Waals surface area contributed by atoms with Gasteiger partial charge in [-0.1, -0.05) is 12.1 Å². The molecule has 0 unspecified atom stereocenters. The highest BCUT2D eigenvalue weighted by Crippen LogP contribution is 2.34. The number of benzene rings is 1. The Bertz CT molecular complexity index is 1030. The molecule has 1 fully saturated rings. The molecule has 0 spiro atoms. The smallest absolute Gasteiger partial charge is 0.376 e. The van der Waals surface area contributed by atoms with Crippen LogP contribution in [0.1, 0.15) is 18.4 Å². The molecular weight excluding hydrogens is 397 g/mol. The highest BCUT2D eigenvalue weighted by Gasteiger charge is 2.33. The summed E-state index contributed by atoms with van der Waals surface area (Å²) in [6.07, 6.45) is 0.480. The summed E-state index contributed by atoms with van der Waals surface area (Å²) in [5.74, 6) is 0.450. The number of nitrogens with one attached hydrogen (secondary N) is 3. The van der Waals surface area contributed by atoms with Crippen molar-refractivity contribution in [3.8, 4) is 0 Å². The van der Waals surface area contributed by atoms with Gasteiger partial charge >= 0.3 is 6.18 Å². The molecule has 30 heavy (non-hydrogen) atoms. The van der Waals surface area contributed by atoms with Gasteiger partial charge < -0.3 is 20.5 Å². The van der Waals surface area contributed by atoms with Gasteiger partial charge in [0, 0.05) is 31.0 Å². The molecule has 1 aromatic carbocycles. The predicted molar refractivity (Wildman–Crippen MR) is 107 cm³/mol. The van der Waals surface area contributed by atoms with Crippen LogP contribution in [0.15, 0.2) is 42.9 Å². The number of fused-ring (bicyclic) bond motifs is 1. The molecule has 4 rings (SSSR count). The first-order valence-electron chi connectivity index (χ1n) is 9.64. The number of aromatic nitrogens is 3. The first-order valence-corrected chi connectivity index (χ1v) is 9.64. The number of hydrogen-bond donors (Lipinski definition) is 3. The summed E-state index contributed by atoms with van der Waals surface area (Å²) in [6, 6.07) is 6.92. The third kappa shape index (κ3) is 4.32. The Morgan fingerprint density at radius 2 is 2.07 bits per heavy atom. The Labute approximate surface area is 170 Å². The summed E-state index contributed by atoms with van der Waals surface area (Å²) in [6.45, 7) is 1.14. The van der Waals surface area contributed by atoms with Gasteiger partial charge in [0.15, 0.2) is 0 Å². The number of alkyl halides is 3. The maximum atomic E-state index is 13.1. The van der Waals surface area contributed by atoms with Crippen LogP contribution in [0.3, 0.4) is 0 Å². The maximum Gasteiger partial charge on any atom is 0.418 e. The molecule has 1 amide bonds. The zero-order chi connectivity index (χ0) is 21.1. The molecular formula is C20H21F3N6O. The number of halogens is 3. The van der Waals surface area contributed by atoms with Crippen LogP contribution in [0.5, 0.6) is 0 Å². The van der Waals surface area contributed by atoms with Crippen molar-refractivity contribution in [2.24, 2.45) is 0 Å². The number of carbonyl (C=O) groups excluding carboxylic acids is 1. The normalized spacial score (nSPS) is 17.2. The van der Waals surface area contributed by atoms with Gasteiger partial charge in [0.05, 0.1) is 17.5 Å². The molecule has 1 saturated heterocycles. The van der Waals surface area contributed by atoms with E-state index in [1.165, 1.54) is 24.5 Å². The summed E-state index contributed by atoms with van der Waals surface area (Å²) >= 11 is 0. The SMILES string of the molecule is O=C(CNc1ccccc1C(F)(F)F)N[C@@H]1CCCN(c2ncnc3[nH]ccc23)C1. The lowest BCUT2D eigenvalue weighted by Gasteiger charge is -2.34. The van der Waals surface area contributed by atoms with Crippen LogP contribution in [0.2, 0.25) is 0 Å². The Hall–Kier alpha value is -3.30. The van der Waals surface area contributed by atoms with Crippen molar-refractivity contribution in [2.45, 2.75) is 25.1 Å². The minimum absolute atomic E-state index is 0.110. The van der Waals surface area contributed by atoms with Gasteiger partial charge in [-0.3, -0.25) is 4.79 Å². The van der Waals surface area contributed by atoms with E-state index in [9.17, 15) is 18.0 Å². The highest BCUT2D eigenvalue weighted by atomic mass is 19.4. The third-order valence-electron chi connectivity index (χ3n) is 5.09. The number of rotatable bonds is 5. The molecule has 0 bridgehead atoms. The first-order chi connectivity index (χ1) is 14.4. The van der Waals surface area contributed by atoms with E-state index in [2.05, 4.69) is 30.5 Å². The number of piperidine rings is 1. The molecule has 0 aliphatic carbocycles. The van der Waals surface area contributed by atoms with Crippen molar-refractivity contribution in [1.29, 1.82) is 0 Å². The largest absolute Gasteiger partial charge is 0.418 e. The molecule has 158 valence electrons. The average Bonchev–Trinajstić information content (AvgIpc) is 3.21. The second kappa shape index (κ2) is 8.21. The summed E-state index contributed by atoms with van der Waals surface area (Å²) in [5, 5.41) is 6.43. The number of hydrogen-bond acceptors (Lipinski definition) is 5. The summed E-state index contributed by atoms with van der Waals surface area (Å²) in [4.78, 5) is 26.1. The number of para-hydroxylation sites is 1. The lowest BCUT2D eigenvalue weighted by molar-refractivity contribution is -0.137. The number of anilines is 2. The Balaban J connectivity index is 1.37. The molecule has 1 aliphatic heterocycles. The standard InChI is InChI=1S/C20H21F3N6O/c21-20(22,23)15-5-1-2-6-16(15)25-10-17(30)28-13-4-3-9-29(11-13)19-14-7-8-24-18(14)26-12-27-19/h1-2,5-8,12-13,25H,3-4,9-11H2,(H,28,30)(H,24,26,27)/t13-/m1/s1. The van der Waals surface area contributed by atoms with Crippen molar-refractivity contribution in [1.82, 2.24) is 20.3 Å².